The molecule has 2 aromatic carbocycles. The van der Waals surface area contributed by atoms with Gasteiger partial charge in [-0.3, -0.25) is 5.10 Å². The van der Waals surface area contributed by atoms with Gasteiger partial charge in [-0.05, 0) is 39.7 Å². The van der Waals surface area contributed by atoms with Crippen molar-refractivity contribution in [2.45, 2.75) is 6.92 Å². The van der Waals surface area contributed by atoms with Gasteiger partial charge in [-0.2, -0.15) is 5.10 Å². The number of nitrogens with one attached hydrogen (secondary N) is 1. The Morgan fingerprint density at radius 3 is 2.45 bits per heavy atom. The van der Waals surface area contributed by atoms with Gasteiger partial charge >= 0.3 is 0 Å². The number of hydrogen-bond acceptors (Lipinski definition) is 2. The zero-order valence-corrected chi connectivity index (χ0v) is 13.3. The first kappa shape index (κ1) is 13.2. The van der Waals surface area contributed by atoms with E-state index in [0.29, 0.717) is 0 Å². The van der Waals surface area contributed by atoms with Gasteiger partial charge in [0.2, 0.25) is 0 Å². The molecule has 102 valence electrons. The summed E-state index contributed by atoms with van der Waals surface area (Å²) in [5.74, 6) is 0.906. The Morgan fingerprint density at radius 1 is 1.05 bits per heavy atom. The SMILES string of the molecule is Cc1ccc2cc(-c3[nH]nc(N(C)C)c3Br)ccc2c1. The van der Waals surface area contributed by atoms with E-state index in [1.165, 1.54) is 16.3 Å². The number of aromatic nitrogens is 2. The van der Waals surface area contributed by atoms with Gasteiger partial charge in [0.15, 0.2) is 5.82 Å². The maximum Gasteiger partial charge on any atom is 0.164 e. The van der Waals surface area contributed by atoms with E-state index in [1.807, 2.05) is 19.0 Å². The minimum atomic E-state index is 0.906. The smallest absolute Gasteiger partial charge is 0.164 e. The number of fused-ring (bicyclic) bond motifs is 1. The molecule has 0 atom stereocenters. The molecule has 20 heavy (non-hydrogen) atoms. The Labute approximate surface area is 126 Å². The summed E-state index contributed by atoms with van der Waals surface area (Å²) in [7, 11) is 3.96. The molecule has 0 aliphatic rings. The fourth-order valence-corrected chi connectivity index (χ4v) is 3.09. The van der Waals surface area contributed by atoms with Gasteiger partial charge < -0.3 is 4.90 Å². The first-order valence-corrected chi connectivity index (χ1v) is 7.27. The molecule has 3 rings (SSSR count). The average Bonchev–Trinajstić information content (AvgIpc) is 2.80. The van der Waals surface area contributed by atoms with Crippen molar-refractivity contribution in [3.8, 4) is 11.3 Å². The molecular formula is C16H16BrN3. The number of halogens is 1. The summed E-state index contributed by atoms with van der Waals surface area (Å²) in [6.45, 7) is 2.11. The zero-order chi connectivity index (χ0) is 14.3. The number of benzene rings is 2. The summed E-state index contributed by atoms with van der Waals surface area (Å²) in [6.07, 6.45) is 0. The molecule has 1 aromatic heterocycles. The molecule has 0 fully saturated rings. The van der Waals surface area contributed by atoms with Crippen LogP contribution in [0, 0.1) is 6.92 Å². The Bertz CT molecular complexity index is 774. The van der Waals surface area contributed by atoms with Crippen molar-refractivity contribution in [2.24, 2.45) is 0 Å². The second-order valence-corrected chi connectivity index (χ2v) is 5.99. The van der Waals surface area contributed by atoms with Crippen LogP contribution < -0.4 is 4.90 Å². The van der Waals surface area contributed by atoms with E-state index < -0.39 is 0 Å². The third-order valence-corrected chi connectivity index (χ3v) is 4.15. The minimum absolute atomic E-state index is 0.906. The van der Waals surface area contributed by atoms with Crippen molar-refractivity contribution in [1.82, 2.24) is 10.2 Å². The Hall–Kier alpha value is -1.81. The van der Waals surface area contributed by atoms with E-state index in [0.717, 1.165) is 21.5 Å². The van der Waals surface area contributed by atoms with Crippen LogP contribution in [0.25, 0.3) is 22.0 Å². The van der Waals surface area contributed by atoms with Gasteiger partial charge in [-0.15, -0.1) is 0 Å². The number of H-pyrrole nitrogens is 1. The maximum absolute atomic E-state index is 4.34. The number of aromatic amines is 1. The predicted molar refractivity (Wildman–Crippen MR) is 88.3 cm³/mol. The topological polar surface area (TPSA) is 31.9 Å². The molecule has 0 aliphatic carbocycles. The molecule has 1 heterocycles. The summed E-state index contributed by atoms with van der Waals surface area (Å²) >= 11 is 3.63. The molecule has 0 spiro atoms. The van der Waals surface area contributed by atoms with Crippen molar-refractivity contribution in [3.05, 3.63) is 46.4 Å². The maximum atomic E-state index is 4.34. The largest absolute Gasteiger partial charge is 0.360 e. The molecule has 0 radical (unpaired) electrons. The minimum Gasteiger partial charge on any atom is -0.360 e. The lowest BCUT2D eigenvalue weighted by Gasteiger charge is -2.08. The van der Waals surface area contributed by atoms with Crippen LogP contribution >= 0.6 is 15.9 Å². The molecule has 0 bridgehead atoms. The van der Waals surface area contributed by atoms with Gasteiger partial charge in [-0.25, -0.2) is 0 Å². The van der Waals surface area contributed by atoms with Crippen LogP contribution in [0.5, 0.6) is 0 Å². The van der Waals surface area contributed by atoms with Crippen LogP contribution in [0.15, 0.2) is 40.9 Å². The van der Waals surface area contributed by atoms with Crippen molar-refractivity contribution < 1.29 is 0 Å². The molecule has 0 amide bonds. The van der Waals surface area contributed by atoms with Gasteiger partial charge in [-0.1, -0.05) is 35.9 Å². The predicted octanol–water partition coefficient (Wildman–Crippen LogP) is 4.37. The van der Waals surface area contributed by atoms with Crippen LogP contribution in [0.4, 0.5) is 5.82 Å². The first-order valence-electron chi connectivity index (χ1n) is 6.48. The van der Waals surface area contributed by atoms with E-state index in [1.54, 1.807) is 0 Å². The highest BCUT2D eigenvalue weighted by Gasteiger charge is 2.13. The molecule has 3 nitrogen and oxygen atoms in total. The third-order valence-electron chi connectivity index (χ3n) is 3.40. The van der Waals surface area contributed by atoms with Gasteiger partial charge in [0, 0.05) is 19.7 Å². The van der Waals surface area contributed by atoms with Crippen molar-refractivity contribution in [3.63, 3.8) is 0 Å². The van der Waals surface area contributed by atoms with Crippen LogP contribution in [0.3, 0.4) is 0 Å². The van der Waals surface area contributed by atoms with E-state index in [4.69, 9.17) is 0 Å². The Morgan fingerprint density at radius 2 is 1.75 bits per heavy atom. The monoisotopic (exact) mass is 329 g/mol. The first-order chi connectivity index (χ1) is 9.56. The highest BCUT2D eigenvalue weighted by molar-refractivity contribution is 9.10. The molecule has 1 N–H and O–H groups in total. The van der Waals surface area contributed by atoms with Crippen molar-refractivity contribution in [1.29, 1.82) is 0 Å². The number of aryl methyl sites for hydroxylation is 1. The van der Waals surface area contributed by atoms with E-state index in [2.05, 4.69) is 69.4 Å². The molecule has 3 aromatic rings. The van der Waals surface area contributed by atoms with Crippen LogP contribution in [-0.4, -0.2) is 24.3 Å². The lowest BCUT2D eigenvalue weighted by molar-refractivity contribution is 1.01. The standard InChI is InChI=1S/C16H16BrN3/c1-10-4-5-12-9-13(7-6-11(12)8-10)15-14(17)16(19-18-15)20(2)3/h4-9H,1-3H3,(H,18,19). The molecule has 0 saturated heterocycles. The summed E-state index contributed by atoms with van der Waals surface area (Å²) in [5, 5.41) is 9.95. The van der Waals surface area contributed by atoms with Gasteiger partial charge in [0.05, 0.1) is 10.2 Å². The molecular weight excluding hydrogens is 314 g/mol. The fraction of sp³-hybridized carbons (Fsp3) is 0.188. The summed E-state index contributed by atoms with van der Waals surface area (Å²) in [5.41, 5.74) is 3.42. The van der Waals surface area contributed by atoms with Crippen LogP contribution in [0.2, 0.25) is 0 Å². The van der Waals surface area contributed by atoms with Crippen LogP contribution in [-0.2, 0) is 0 Å². The summed E-state index contributed by atoms with van der Waals surface area (Å²) in [4.78, 5) is 1.98. The number of anilines is 1. The highest BCUT2D eigenvalue weighted by Crippen LogP contribution is 2.34. The van der Waals surface area contributed by atoms with Crippen LogP contribution in [0.1, 0.15) is 5.56 Å². The second-order valence-electron chi connectivity index (χ2n) is 5.20. The zero-order valence-electron chi connectivity index (χ0n) is 11.7. The van der Waals surface area contributed by atoms with Crippen molar-refractivity contribution >= 4 is 32.5 Å². The quantitative estimate of drug-likeness (QED) is 0.757. The van der Waals surface area contributed by atoms with E-state index in [-0.39, 0.29) is 0 Å². The summed E-state index contributed by atoms with van der Waals surface area (Å²) < 4.78 is 0.994. The molecule has 0 saturated carbocycles. The lowest BCUT2D eigenvalue weighted by Crippen LogP contribution is -2.09. The van der Waals surface area contributed by atoms with E-state index in [9.17, 15) is 0 Å². The highest BCUT2D eigenvalue weighted by atomic mass is 79.9. The fourth-order valence-electron chi connectivity index (χ4n) is 2.33. The lowest BCUT2D eigenvalue weighted by atomic mass is 10.0. The molecule has 4 heteroatoms. The summed E-state index contributed by atoms with van der Waals surface area (Å²) in [6, 6.07) is 13.0. The van der Waals surface area contributed by atoms with E-state index >= 15 is 0 Å². The number of hydrogen-bond donors (Lipinski definition) is 1. The molecule has 0 aliphatic heterocycles. The van der Waals surface area contributed by atoms with Crippen molar-refractivity contribution in [2.75, 3.05) is 19.0 Å². The Kier molecular flexibility index (Phi) is 3.26. The van der Waals surface area contributed by atoms with Gasteiger partial charge in [0.25, 0.3) is 0 Å². The van der Waals surface area contributed by atoms with Gasteiger partial charge in [0.1, 0.15) is 0 Å². The average molecular weight is 330 g/mol. The number of nitrogens with zero attached hydrogens (tertiary/aromatic N) is 2. The second kappa shape index (κ2) is 4.94. The Balaban J connectivity index is 2.13. The molecule has 0 unspecified atom stereocenters. The number of rotatable bonds is 2. The third kappa shape index (κ3) is 2.20. The normalized spacial score (nSPS) is 11.0.